The van der Waals surface area contributed by atoms with E-state index in [2.05, 4.69) is 43.0 Å². The van der Waals surface area contributed by atoms with Crippen LogP contribution in [0.25, 0.3) is 10.2 Å². The fourth-order valence-electron chi connectivity index (χ4n) is 4.42. The molecule has 1 unspecified atom stereocenters. The molecule has 3 aromatic heterocycles. The predicted octanol–water partition coefficient (Wildman–Crippen LogP) is 3.00. The third-order valence-corrected chi connectivity index (χ3v) is 7.46. The normalized spacial score (nSPS) is 21.1. The zero-order valence-corrected chi connectivity index (χ0v) is 17.0. The first-order chi connectivity index (χ1) is 13.8. The molecule has 28 heavy (non-hydrogen) atoms. The number of hydrogen-bond acceptors (Lipinski definition) is 7. The van der Waals surface area contributed by atoms with E-state index in [4.69, 9.17) is 4.74 Å². The van der Waals surface area contributed by atoms with Crippen LogP contribution < -0.4 is 4.90 Å². The molecule has 148 valence electrons. The van der Waals surface area contributed by atoms with Gasteiger partial charge in [0.2, 0.25) is 0 Å². The Balaban J connectivity index is 1.61. The lowest BCUT2D eigenvalue weighted by Crippen LogP contribution is -2.46. The van der Waals surface area contributed by atoms with Crippen molar-refractivity contribution in [1.82, 2.24) is 25.1 Å². The molecule has 0 spiro atoms. The minimum absolute atomic E-state index is 0.207. The summed E-state index contributed by atoms with van der Waals surface area (Å²) in [7, 11) is 0. The van der Waals surface area contributed by atoms with Crippen molar-refractivity contribution in [2.45, 2.75) is 31.7 Å². The summed E-state index contributed by atoms with van der Waals surface area (Å²) in [6.45, 7) is 7.81. The van der Waals surface area contributed by atoms with Crippen LogP contribution in [-0.4, -0.2) is 64.5 Å². The van der Waals surface area contributed by atoms with E-state index in [0.717, 1.165) is 50.7 Å². The second kappa shape index (κ2) is 7.42. The Morgan fingerprint density at radius 3 is 2.68 bits per heavy atom. The minimum atomic E-state index is -0.207. The molecule has 3 aromatic rings. The van der Waals surface area contributed by atoms with E-state index in [1.807, 2.05) is 23.7 Å². The summed E-state index contributed by atoms with van der Waals surface area (Å²) in [6, 6.07) is 2.26. The van der Waals surface area contributed by atoms with Crippen molar-refractivity contribution >= 4 is 27.4 Å². The molecule has 0 radical (unpaired) electrons. The van der Waals surface area contributed by atoms with Gasteiger partial charge in [0.1, 0.15) is 12.1 Å². The smallest absolute Gasteiger partial charge is 0.150 e. The van der Waals surface area contributed by atoms with Gasteiger partial charge in [0, 0.05) is 29.7 Å². The number of nitrogens with one attached hydrogen (secondary N) is 1. The van der Waals surface area contributed by atoms with Crippen LogP contribution in [0.5, 0.6) is 0 Å². The molecule has 1 atom stereocenters. The summed E-state index contributed by atoms with van der Waals surface area (Å²) in [5, 5.41) is 7.28. The summed E-state index contributed by atoms with van der Waals surface area (Å²) in [4.78, 5) is 15.5. The molecule has 1 N–H and O–H groups in total. The van der Waals surface area contributed by atoms with Gasteiger partial charge in [0.05, 0.1) is 35.2 Å². The van der Waals surface area contributed by atoms with Crippen LogP contribution in [-0.2, 0) is 10.3 Å². The van der Waals surface area contributed by atoms with Crippen LogP contribution in [0.3, 0.4) is 0 Å². The largest absolute Gasteiger partial charge is 0.378 e. The van der Waals surface area contributed by atoms with Crippen LogP contribution in [0.4, 0.5) is 5.82 Å². The number of ether oxygens (including phenoxy) is 1. The number of morpholine rings is 1. The maximum Gasteiger partial charge on any atom is 0.150 e. The van der Waals surface area contributed by atoms with E-state index in [1.165, 1.54) is 34.4 Å². The Morgan fingerprint density at radius 2 is 1.93 bits per heavy atom. The molecule has 0 saturated carbocycles. The Labute approximate surface area is 168 Å². The number of H-pyrrole nitrogens is 1. The molecule has 2 aliphatic rings. The zero-order valence-electron chi connectivity index (χ0n) is 16.2. The van der Waals surface area contributed by atoms with Crippen LogP contribution in [0.15, 0.2) is 24.8 Å². The molecule has 5 heterocycles. The first-order valence-corrected chi connectivity index (χ1v) is 10.9. The van der Waals surface area contributed by atoms with Gasteiger partial charge in [-0.25, -0.2) is 9.97 Å². The van der Waals surface area contributed by atoms with Gasteiger partial charge in [-0.2, -0.15) is 5.10 Å². The average molecular weight is 399 g/mol. The lowest BCUT2D eigenvalue weighted by Gasteiger charge is -2.42. The SMILES string of the molecule is CC(c1cn[nH]c1)(c1cc2ncnc(N3CCOCC3)c2s1)N1CCCCC1. The highest BCUT2D eigenvalue weighted by Crippen LogP contribution is 2.43. The topological polar surface area (TPSA) is 70.2 Å². The Kier molecular flexibility index (Phi) is 4.78. The summed E-state index contributed by atoms with van der Waals surface area (Å²) in [5.74, 6) is 1.04. The molecule has 0 bridgehead atoms. The van der Waals surface area contributed by atoms with Crippen LogP contribution in [0, 0.1) is 0 Å². The van der Waals surface area contributed by atoms with Crippen molar-refractivity contribution < 1.29 is 4.74 Å². The molecular weight excluding hydrogens is 372 g/mol. The van der Waals surface area contributed by atoms with Crippen LogP contribution in [0.1, 0.15) is 36.6 Å². The van der Waals surface area contributed by atoms with Gasteiger partial charge in [0.15, 0.2) is 0 Å². The van der Waals surface area contributed by atoms with Crippen molar-refractivity contribution in [1.29, 1.82) is 0 Å². The first kappa shape index (κ1) is 18.0. The number of rotatable bonds is 4. The number of thiophene rings is 1. The number of piperidine rings is 1. The van der Waals surface area contributed by atoms with Crippen molar-refractivity contribution in [2.75, 3.05) is 44.3 Å². The zero-order chi connectivity index (χ0) is 19.0. The lowest BCUT2D eigenvalue weighted by molar-refractivity contribution is 0.114. The fraction of sp³-hybridized carbons (Fsp3) is 0.550. The van der Waals surface area contributed by atoms with Crippen molar-refractivity contribution in [3.63, 3.8) is 0 Å². The quantitative estimate of drug-likeness (QED) is 0.729. The molecule has 2 saturated heterocycles. The number of fused-ring (bicyclic) bond motifs is 1. The average Bonchev–Trinajstić information content (AvgIpc) is 3.44. The standard InChI is InChI=1S/C20H26N6OS/c1-20(15-12-23-24-13-15,26-5-3-2-4-6-26)17-11-16-18(28-17)19(22-14-21-16)25-7-9-27-10-8-25/h11-14H,2-10H2,1H3,(H,23,24). The van der Waals surface area contributed by atoms with Crippen LogP contribution in [0.2, 0.25) is 0 Å². The monoisotopic (exact) mass is 398 g/mol. The van der Waals surface area contributed by atoms with E-state index in [1.54, 1.807) is 6.33 Å². The Hall–Kier alpha value is -2.03. The van der Waals surface area contributed by atoms with Gasteiger partial charge in [0.25, 0.3) is 0 Å². The number of likely N-dealkylation sites (tertiary alicyclic amines) is 1. The Morgan fingerprint density at radius 1 is 1.11 bits per heavy atom. The summed E-state index contributed by atoms with van der Waals surface area (Å²) in [6.07, 6.45) is 9.51. The van der Waals surface area contributed by atoms with E-state index in [9.17, 15) is 0 Å². The second-order valence-corrected chi connectivity index (χ2v) is 8.78. The molecule has 5 rings (SSSR count). The first-order valence-electron chi connectivity index (χ1n) is 10.1. The number of aromatic nitrogens is 4. The van der Waals surface area contributed by atoms with Gasteiger partial charge in [-0.1, -0.05) is 6.42 Å². The molecule has 7 nitrogen and oxygen atoms in total. The molecule has 0 amide bonds. The molecule has 2 fully saturated rings. The van der Waals surface area contributed by atoms with Gasteiger partial charge in [-0.05, 0) is 38.9 Å². The minimum Gasteiger partial charge on any atom is -0.378 e. The molecule has 0 aromatic carbocycles. The van der Waals surface area contributed by atoms with E-state index >= 15 is 0 Å². The van der Waals surface area contributed by atoms with Gasteiger partial charge < -0.3 is 9.64 Å². The molecule has 8 heteroatoms. The number of nitrogens with zero attached hydrogens (tertiary/aromatic N) is 5. The van der Waals surface area contributed by atoms with Crippen molar-refractivity contribution in [3.8, 4) is 0 Å². The lowest BCUT2D eigenvalue weighted by atomic mass is 9.88. The number of anilines is 1. The van der Waals surface area contributed by atoms with Crippen molar-refractivity contribution in [3.05, 3.63) is 35.2 Å². The summed E-state index contributed by atoms with van der Waals surface area (Å²) in [5.41, 5.74) is 2.03. The molecule has 2 aliphatic heterocycles. The highest BCUT2D eigenvalue weighted by Gasteiger charge is 2.39. The fourth-order valence-corrected chi connectivity index (χ4v) is 5.75. The highest BCUT2D eigenvalue weighted by molar-refractivity contribution is 7.19. The van der Waals surface area contributed by atoms with Crippen LogP contribution >= 0.6 is 11.3 Å². The van der Waals surface area contributed by atoms with E-state index in [-0.39, 0.29) is 5.54 Å². The third kappa shape index (κ3) is 3.00. The van der Waals surface area contributed by atoms with Gasteiger partial charge in [-0.15, -0.1) is 11.3 Å². The van der Waals surface area contributed by atoms with Gasteiger partial charge in [-0.3, -0.25) is 10.00 Å². The summed E-state index contributed by atoms with van der Waals surface area (Å²) >= 11 is 1.83. The highest BCUT2D eigenvalue weighted by atomic mass is 32.1. The second-order valence-electron chi connectivity index (χ2n) is 7.73. The van der Waals surface area contributed by atoms with Gasteiger partial charge >= 0.3 is 0 Å². The maximum absolute atomic E-state index is 5.52. The van der Waals surface area contributed by atoms with Crippen molar-refractivity contribution in [2.24, 2.45) is 0 Å². The maximum atomic E-state index is 5.52. The van der Waals surface area contributed by atoms with E-state index in [0.29, 0.717) is 0 Å². The summed E-state index contributed by atoms with van der Waals surface area (Å²) < 4.78 is 6.69. The predicted molar refractivity (Wildman–Crippen MR) is 111 cm³/mol. The molecule has 0 aliphatic carbocycles. The number of aromatic amines is 1. The Bertz CT molecular complexity index is 929. The molecular formula is C20H26N6OS. The number of hydrogen-bond donors (Lipinski definition) is 1. The third-order valence-electron chi connectivity index (χ3n) is 6.13. The van der Waals surface area contributed by atoms with E-state index < -0.39 is 0 Å².